The van der Waals surface area contributed by atoms with Crippen LogP contribution in [0.1, 0.15) is 50.9 Å². The summed E-state index contributed by atoms with van der Waals surface area (Å²) in [6, 6.07) is 10.5. The van der Waals surface area contributed by atoms with Gasteiger partial charge in [-0.05, 0) is 36.6 Å². The Kier molecular flexibility index (Phi) is 6.48. The second kappa shape index (κ2) is 9.07. The van der Waals surface area contributed by atoms with E-state index in [0.29, 0.717) is 47.3 Å². The van der Waals surface area contributed by atoms with Gasteiger partial charge in [0.2, 0.25) is 17.6 Å². The Balaban J connectivity index is 1.73. The van der Waals surface area contributed by atoms with Gasteiger partial charge in [-0.3, -0.25) is 14.5 Å². The first-order valence-electron chi connectivity index (χ1n) is 10.1. The van der Waals surface area contributed by atoms with Gasteiger partial charge in [-0.2, -0.15) is 4.98 Å². The average molecular weight is 422 g/mol. The Labute approximate surface area is 181 Å². The van der Waals surface area contributed by atoms with E-state index in [1.165, 1.54) is 13.1 Å². The van der Waals surface area contributed by atoms with Gasteiger partial charge in [0.25, 0.3) is 5.91 Å². The number of nitrogens with zero attached hydrogens (tertiary/aromatic N) is 4. The van der Waals surface area contributed by atoms with Gasteiger partial charge in [0.05, 0.1) is 11.9 Å². The van der Waals surface area contributed by atoms with Crippen LogP contribution in [0.15, 0.2) is 47.1 Å². The highest BCUT2D eigenvalue weighted by Gasteiger charge is 2.18. The molecule has 0 fully saturated rings. The van der Waals surface area contributed by atoms with Crippen LogP contribution in [0.5, 0.6) is 0 Å². The van der Waals surface area contributed by atoms with Crippen molar-refractivity contribution in [3.8, 4) is 11.4 Å². The molecule has 0 unspecified atom stereocenters. The van der Waals surface area contributed by atoms with Crippen molar-refractivity contribution in [3.05, 3.63) is 54.0 Å². The third-order valence-corrected chi connectivity index (χ3v) is 4.51. The zero-order chi connectivity index (χ0) is 22.6. The van der Waals surface area contributed by atoms with Gasteiger partial charge < -0.3 is 9.84 Å². The van der Waals surface area contributed by atoms with Crippen LogP contribution in [-0.2, 0) is 11.2 Å². The molecule has 3 aromatic rings. The molecule has 2 amide bonds. The highest BCUT2D eigenvalue weighted by Crippen LogP contribution is 2.23. The van der Waals surface area contributed by atoms with Crippen LogP contribution in [0.4, 0.5) is 11.5 Å². The molecule has 2 heterocycles. The maximum absolute atomic E-state index is 12.7. The lowest BCUT2D eigenvalue weighted by molar-refractivity contribution is -0.116. The number of hydrogen-bond acceptors (Lipinski definition) is 6. The van der Waals surface area contributed by atoms with Gasteiger partial charge >= 0.3 is 0 Å². The molecule has 0 atom stereocenters. The first kappa shape index (κ1) is 22.1. The Morgan fingerprint density at radius 1 is 1.16 bits per heavy atom. The number of benzene rings is 1. The van der Waals surface area contributed by atoms with Crippen molar-refractivity contribution in [1.82, 2.24) is 15.1 Å². The lowest BCUT2D eigenvalue weighted by Gasteiger charge is -2.17. The summed E-state index contributed by atoms with van der Waals surface area (Å²) in [5, 5.41) is 6.86. The number of aromatic nitrogens is 3. The van der Waals surface area contributed by atoms with E-state index in [1.807, 2.05) is 13.0 Å². The number of amides is 2. The summed E-state index contributed by atoms with van der Waals surface area (Å²) >= 11 is 0. The number of nitrogens with one attached hydrogen (secondary N) is 1. The maximum Gasteiger partial charge on any atom is 0.255 e. The molecule has 1 aromatic carbocycles. The van der Waals surface area contributed by atoms with Crippen LogP contribution < -0.4 is 10.2 Å². The van der Waals surface area contributed by atoms with Crippen LogP contribution in [0, 0.1) is 5.41 Å². The summed E-state index contributed by atoms with van der Waals surface area (Å²) in [4.78, 5) is 34.6. The molecule has 0 saturated carbocycles. The van der Waals surface area contributed by atoms with Gasteiger partial charge in [0.1, 0.15) is 5.82 Å². The van der Waals surface area contributed by atoms with E-state index < -0.39 is 0 Å². The molecule has 8 nitrogen and oxygen atoms in total. The van der Waals surface area contributed by atoms with Gasteiger partial charge in [0, 0.05) is 31.0 Å². The Morgan fingerprint density at radius 3 is 2.55 bits per heavy atom. The molecule has 31 heavy (non-hydrogen) atoms. The van der Waals surface area contributed by atoms with E-state index >= 15 is 0 Å². The van der Waals surface area contributed by atoms with Crippen LogP contribution in [-0.4, -0.2) is 33.5 Å². The van der Waals surface area contributed by atoms with Crippen molar-refractivity contribution in [2.75, 3.05) is 16.8 Å². The lowest BCUT2D eigenvalue weighted by Crippen LogP contribution is -2.28. The summed E-state index contributed by atoms with van der Waals surface area (Å²) < 4.78 is 5.35. The number of carbonyl (C=O) groups is 2. The third-order valence-electron chi connectivity index (χ3n) is 4.51. The fourth-order valence-electron chi connectivity index (χ4n) is 3.07. The van der Waals surface area contributed by atoms with Crippen molar-refractivity contribution in [3.63, 3.8) is 0 Å². The summed E-state index contributed by atoms with van der Waals surface area (Å²) in [6.45, 7) is 10.2. The Hall–Kier alpha value is -3.55. The van der Waals surface area contributed by atoms with Crippen molar-refractivity contribution in [1.29, 1.82) is 0 Å². The minimum atomic E-state index is -0.284. The molecular weight excluding hydrogens is 394 g/mol. The molecule has 2 aromatic heterocycles. The molecule has 162 valence electrons. The summed E-state index contributed by atoms with van der Waals surface area (Å²) in [7, 11) is 0. The van der Waals surface area contributed by atoms with Gasteiger partial charge in [-0.1, -0.05) is 38.1 Å². The minimum Gasteiger partial charge on any atom is -0.339 e. The molecule has 0 aliphatic rings. The SMILES string of the molecule is CCN(C(C)=O)c1ccc(NC(=O)c2cccc(-c3noc(CC(C)(C)C)n3)c2)cn1. The number of anilines is 2. The van der Waals surface area contributed by atoms with Crippen LogP contribution in [0.2, 0.25) is 0 Å². The van der Waals surface area contributed by atoms with Crippen molar-refractivity contribution < 1.29 is 14.1 Å². The molecule has 0 aliphatic carbocycles. The van der Waals surface area contributed by atoms with Gasteiger partial charge in [-0.25, -0.2) is 4.98 Å². The predicted octanol–water partition coefficient (Wildman–Crippen LogP) is 4.35. The molecular formula is C23H27N5O3. The first-order valence-corrected chi connectivity index (χ1v) is 10.1. The quantitative estimate of drug-likeness (QED) is 0.635. The van der Waals surface area contributed by atoms with Crippen molar-refractivity contribution in [2.45, 2.75) is 41.0 Å². The summed E-state index contributed by atoms with van der Waals surface area (Å²) in [5.41, 5.74) is 1.73. The molecule has 0 radical (unpaired) electrons. The fraction of sp³-hybridized carbons (Fsp3) is 0.348. The predicted molar refractivity (Wildman–Crippen MR) is 119 cm³/mol. The first-order chi connectivity index (χ1) is 14.7. The van der Waals surface area contributed by atoms with E-state index in [9.17, 15) is 9.59 Å². The normalized spacial score (nSPS) is 11.3. The zero-order valence-corrected chi connectivity index (χ0v) is 18.5. The van der Waals surface area contributed by atoms with Crippen LogP contribution in [0.25, 0.3) is 11.4 Å². The summed E-state index contributed by atoms with van der Waals surface area (Å²) in [5.74, 6) is 1.18. The molecule has 0 saturated heterocycles. The summed E-state index contributed by atoms with van der Waals surface area (Å²) in [6.07, 6.45) is 2.20. The molecule has 1 N–H and O–H groups in total. The fourth-order valence-corrected chi connectivity index (χ4v) is 3.07. The second-order valence-electron chi connectivity index (χ2n) is 8.45. The van der Waals surface area contributed by atoms with E-state index in [4.69, 9.17) is 4.52 Å². The van der Waals surface area contributed by atoms with E-state index in [1.54, 1.807) is 35.2 Å². The van der Waals surface area contributed by atoms with Crippen LogP contribution in [0.3, 0.4) is 0 Å². The smallest absolute Gasteiger partial charge is 0.255 e. The monoisotopic (exact) mass is 421 g/mol. The molecule has 0 aliphatic heterocycles. The van der Waals surface area contributed by atoms with Gasteiger partial charge in [0.15, 0.2) is 0 Å². The number of rotatable bonds is 6. The number of pyridine rings is 1. The topological polar surface area (TPSA) is 101 Å². The maximum atomic E-state index is 12.7. The van der Waals surface area contributed by atoms with E-state index in [-0.39, 0.29) is 17.2 Å². The lowest BCUT2D eigenvalue weighted by atomic mass is 9.92. The second-order valence-corrected chi connectivity index (χ2v) is 8.45. The average Bonchev–Trinajstić information content (AvgIpc) is 3.16. The van der Waals surface area contributed by atoms with Crippen LogP contribution >= 0.6 is 0 Å². The molecule has 8 heteroatoms. The largest absolute Gasteiger partial charge is 0.339 e. The van der Waals surface area contributed by atoms with Gasteiger partial charge in [-0.15, -0.1) is 0 Å². The standard InChI is InChI=1S/C23H27N5O3/c1-6-28(15(2)29)19-11-10-18(14-24-19)25-22(30)17-9-7-8-16(12-17)21-26-20(31-27-21)13-23(3,4)5/h7-12,14H,6,13H2,1-5H3,(H,25,30). The zero-order valence-electron chi connectivity index (χ0n) is 18.5. The number of carbonyl (C=O) groups excluding carboxylic acids is 2. The third kappa shape index (κ3) is 5.75. The van der Waals surface area contributed by atoms with E-state index in [0.717, 1.165) is 0 Å². The molecule has 0 bridgehead atoms. The molecule has 0 spiro atoms. The minimum absolute atomic E-state index is 0.0354. The van der Waals surface area contributed by atoms with E-state index in [2.05, 4.69) is 41.2 Å². The molecule has 3 rings (SSSR count). The van der Waals surface area contributed by atoms with Crippen molar-refractivity contribution in [2.24, 2.45) is 5.41 Å². The highest BCUT2D eigenvalue weighted by molar-refractivity contribution is 6.04. The Morgan fingerprint density at radius 2 is 1.94 bits per heavy atom. The number of hydrogen-bond donors (Lipinski definition) is 1. The Bertz CT molecular complexity index is 1070. The highest BCUT2D eigenvalue weighted by atomic mass is 16.5. The van der Waals surface area contributed by atoms with Crippen molar-refractivity contribution >= 4 is 23.3 Å².